The molecule has 2 N–H and O–H groups in total. The predicted molar refractivity (Wildman–Crippen MR) is 124 cm³/mol. The fraction of sp³-hybridized carbons (Fsp3) is 0.400. The van der Waals surface area contributed by atoms with E-state index in [4.69, 9.17) is 9.26 Å². The van der Waals surface area contributed by atoms with Crippen LogP contribution in [0.15, 0.2) is 47.0 Å². The van der Waals surface area contributed by atoms with Crippen LogP contribution in [0, 0.1) is 6.92 Å². The van der Waals surface area contributed by atoms with Gasteiger partial charge in [-0.2, -0.15) is 4.98 Å². The highest BCUT2D eigenvalue weighted by Crippen LogP contribution is 2.22. The number of rotatable bonds is 8. The standard InChI is InChI=1S/C25H30N4O3/c1-3-31-21-12-9-18(10-13-21)24-28-23(32-29-24)16-26-22-14-11-19(15-17(22)2)25(30)27-20-7-5-4-6-8-20/h9-15,20,26H,3-8,16H2,1-2H3,(H,27,30). The van der Waals surface area contributed by atoms with Crippen LogP contribution in [0.25, 0.3) is 11.4 Å². The van der Waals surface area contributed by atoms with Gasteiger partial charge >= 0.3 is 0 Å². The molecule has 0 atom stereocenters. The van der Waals surface area contributed by atoms with Crippen LogP contribution in [-0.4, -0.2) is 28.7 Å². The van der Waals surface area contributed by atoms with Crippen molar-refractivity contribution in [2.75, 3.05) is 11.9 Å². The Hall–Kier alpha value is -3.35. The number of carbonyl (C=O) groups is 1. The molecule has 0 unspecified atom stereocenters. The van der Waals surface area contributed by atoms with E-state index in [-0.39, 0.29) is 5.91 Å². The molecule has 7 nitrogen and oxygen atoms in total. The van der Waals surface area contributed by atoms with Crippen molar-refractivity contribution >= 4 is 11.6 Å². The summed E-state index contributed by atoms with van der Waals surface area (Å²) in [6, 6.07) is 13.6. The lowest BCUT2D eigenvalue weighted by atomic mass is 9.95. The second kappa shape index (κ2) is 10.3. The smallest absolute Gasteiger partial charge is 0.251 e. The van der Waals surface area contributed by atoms with Crippen LogP contribution in [0.2, 0.25) is 0 Å². The topological polar surface area (TPSA) is 89.3 Å². The third-order valence-corrected chi connectivity index (χ3v) is 5.75. The molecule has 0 bridgehead atoms. The fourth-order valence-corrected chi connectivity index (χ4v) is 4.00. The van der Waals surface area contributed by atoms with Gasteiger partial charge in [0.2, 0.25) is 11.7 Å². The molecule has 168 valence electrons. The van der Waals surface area contributed by atoms with Crippen LogP contribution in [0.5, 0.6) is 5.75 Å². The Labute approximate surface area is 188 Å². The highest BCUT2D eigenvalue weighted by atomic mass is 16.5. The molecule has 3 aromatic rings. The summed E-state index contributed by atoms with van der Waals surface area (Å²) in [5, 5.41) is 10.6. The number of benzene rings is 2. The Morgan fingerprint density at radius 3 is 2.62 bits per heavy atom. The lowest BCUT2D eigenvalue weighted by molar-refractivity contribution is 0.0927. The quantitative estimate of drug-likeness (QED) is 0.512. The molecule has 1 aliphatic carbocycles. The predicted octanol–water partition coefficient (Wildman–Crippen LogP) is 5.12. The highest BCUT2D eigenvalue weighted by Gasteiger charge is 2.17. The summed E-state index contributed by atoms with van der Waals surface area (Å²) in [6.07, 6.45) is 5.82. The van der Waals surface area contributed by atoms with E-state index in [2.05, 4.69) is 20.8 Å². The first-order valence-electron chi connectivity index (χ1n) is 11.3. The molecule has 2 aromatic carbocycles. The third kappa shape index (κ3) is 5.46. The van der Waals surface area contributed by atoms with Crippen LogP contribution >= 0.6 is 0 Å². The van der Waals surface area contributed by atoms with Crippen LogP contribution in [0.1, 0.15) is 60.8 Å². The molecule has 1 amide bonds. The molecule has 0 aliphatic heterocycles. The average molecular weight is 435 g/mol. The van der Waals surface area contributed by atoms with Gasteiger partial charge < -0.3 is 19.9 Å². The Morgan fingerprint density at radius 2 is 1.91 bits per heavy atom. The van der Waals surface area contributed by atoms with Gasteiger partial charge in [-0.25, -0.2) is 0 Å². The van der Waals surface area contributed by atoms with Crippen LogP contribution < -0.4 is 15.4 Å². The Morgan fingerprint density at radius 1 is 1.12 bits per heavy atom. The molecular formula is C25H30N4O3. The number of aromatic nitrogens is 2. The summed E-state index contributed by atoms with van der Waals surface area (Å²) >= 11 is 0. The molecular weight excluding hydrogens is 404 g/mol. The lowest BCUT2D eigenvalue weighted by Crippen LogP contribution is -2.36. The largest absolute Gasteiger partial charge is 0.494 e. The maximum Gasteiger partial charge on any atom is 0.251 e. The van der Waals surface area contributed by atoms with E-state index in [1.54, 1.807) is 0 Å². The van der Waals surface area contributed by atoms with Crippen molar-refractivity contribution in [2.45, 2.75) is 58.5 Å². The number of anilines is 1. The minimum Gasteiger partial charge on any atom is -0.494 e. The lowest BCUT2D eigenvalue weighted by Gasteiger charge is -2.23. The Kier molecular flexibility index (Phi) is 7.04. The minimum atomic E-state index is 0.00319. The van der Waals surface area contributed by atoms with Gasteiger partial charge in [-0.15, -0.1) is 0 Å². The first-order valence-corrected chi connectivity index (χ1v) is 11.3. The van der Waals surface area contributed by atoms with Crippen molar-refractivity contribution in [3.63, 3.8) is 0 Å². The SMILES string of the molecule is CCOc1ccc(-c2noc(CNc3ccc(C(=O)NC4CCCCC4)cc3C)n2)cc1. The molecule has 7 heteroatoms. The molecule has 32 heavy (non-hydrogen) atoms. The number of amides is 1. The van der Waals surface area contributed by atoms with E-state index in [0.29, 0.717) is 36.5 Å². The first-order chi connectivity index (χ1) is 15.6. The van der Waals surface area contributed by atoms with E-state index in [9.17, 15) is 4.79 Å². The first kappa shape index (κ1) is 21.9. The number of nitrogens with zero attached hydrogens (tertiary/aromatic N) is 2. The Bertz CT molecular complexity index is 1040. The molecule has 1 aliphatic rings. The molecule has 0 spiro atoms. The van der Waals surface area contributed by atoms with Gasteiger partial charge in [0.1, 0.15) is 5.75 Å². The second-order valence-electron chi connectivity index (χ2n) is 8.16. The molecule has 1 aromatic heterocycles. The molecule has 1 heterocycles. The van der Waals surface area contributed by atoms with E-state index in [1.165, 1.54) is 19.3 Å². The summed E-state index contributed by atoms with van der Waals surface area (Å²) in [5.74, 6) is 1.85. The summed E-state index contributed by atoms with van der Waals surface area (Å²) in [4.78, 5) is 17.0. The van der Waals surface area contributed by atoms with Gasteiger partial charge in [0.25, 0.3) is 5.91 Å². The maximum atomic E-state index is 12.6. The summed E-state index contributed by atoms with van der Waals surface area (Å²) < 4.78 is 10.8. The van der Waals surface area contributed by atoms with E-state index < -0.39 is 0 Å². The van der Waals surface area contributed by atoms with Gasteiger partial charge in [0.15, 0.2) is 0 Å². The fourth-order valence-electron chi connectivity index (χ4n) is 4.00. The van der Waals surface area contributed by atoms with Crippen molar-refractivity contribution in [3.8, 4) is 17.1 Å². The zero-order valence-corrected chi connectivity index (χ0v) is 18.7. The number of carbonyl (C=O) groups excluding carboxylic acids is 1. The minimum absolute atomic E-state index is 0.00319. The third-order valence-electron chi connectivity index (χ3n) is 5.75. The second-order valence-corrected chi connectivity index (χ2v) is 8.16. The highest BCUT2D eigenvalue weighted by molar-refractivity contribution is 5.95. The zero-order chi connectivity index (χ0) is 22.3. The van der Waals surface area contributed by atoms with Crippen molar-refractivity contribution < 1.29 is 14.1 Å². The number of nitrogens with one attached hydrogen (secondary N) is 2. The summed E-state index contributed by atoms with van der Waals surface area (Å²) in [5.41, 5.74) is 3.48. The van der Waals surface area contributed by atoms with Crippen molar-refractivity contribution in [2.24, 2.45) is 0 Å². The zero-order valence-electron chi connectivity index (χ0n) is 18.7. The van der Waals surface area contributed by atoms with E-state index >= 15 is 0 Å². The van der Waals surface area contributed by atoms with Gasteiger partial charge in [0.05, 0.1) is 13.2 Å². The number of aryl methyl sites for hydroxylation is 1. The van der Waals surface area contributed by atoms with Crippen LogP contribution in [0.4, 0.5) is 5.69 Å². The summed E-state index contributed by atoms with van der Waals surface area (Å²) in [7, 11) is 0. The molecule has 0 saturated heterocycles. The van der Waals surface area contributed by atoms with Crippen molar-refractivity contribution in [1.82, 2.24) is 15.5 Å². The van der Waals surface area contributed by atoms with Gasteiger partial charge in [-0.1, -0.05) is 24.4 Å². The normalized spacial score (nSPS) is 14.2. The van der Waals surface area contributed by atoms with Gasteiger partial charge in [0, 0.05) is 22.9 Å². The molecule has 0 radical (unpaired) electrons. The van der Waals surface area contributed by atoms with Crippen molar-refractivity contribution in [1.29, 1.82) is 0 Å². The Balaban J connectivity index is 1.34. The number of ether oxygens (including phenoxy) is 1. The molecule has 1 saturated carbocycles. The average Bonchev–Trinajstić information content (AvgIpc) is 3.29. The van der Waals surface area contributed by atoms with E-state index in [0.717, 1.165) is 35.4 Å². The van der Waals surface area contributed by atoms with Crippen molar-refractivity contribution in [3.05, 3.63) is 59.5 Å². The number of hydrogen-bond donors (Lipinski definition) is 2. The molecule has 1 fully saturated rings. The maximum absolute atomic E-state index is 12.6. The summed E-state index contributed by atoms with van der Waals surface area (Å²) in [6.45, 7) is 4.97. The monoisotopic (exact) mass is 434 g/mol. The van der Waals surface area contributed by atoms with Crippen LogP contribution in [0.3, 0.4) is 0 Å². The van der Waals surface area contributed by atoms with Gasteiger partial charge in [-0.05, 0) is 74.7 Å². The number of hydrogen-bond acceptors (Lipinski definition) is 6. The van der Waals surface area contributed by atoms with Crippen LogP contribution in [-0.2, 0) is 6.54 Å². The molecule has 4 rings (SSSR count). The van der Waals surface area contributed by atoms with E-state index in [1.807, 2.05) is 56.3 Å². The van der Waals surface area contributed by atoms with Gasteiger partial charge in [-0.3, -0.25) is 4.79 Å².